The normalized spacial score (nSPS) is 13.2. The minimum absolute atomic E-state index is 0.0167. The molecule has 1 atom stereocenters. The van der Waals surface area contributed by atoms with Gasteiger partial charge in [-0.05, 0) is 46.4 Å². The van der Waals surface area contributed by atoms with Crippen LogP contribution in [-0.4, -0.2) is 23.8 Å². The summed E-state index contributed by atoms with van der Waals surface area (Å²) in [5.41, 5.74) is 6.23. The van der Waals surface area contributed by atoms with Crippen LogP contribution in [0.3, 0.4) is 0 Å². The quantitative estimate of drug-likeness (QED) is 0.587. The number of aliphatic carboxylic acids is 1. The van der Waals surface area contributed by atoms with Gasteiger partial charge in [0.2, 0.25) is 0 Å². The van der Waals surface area contributed by atoms with Crippen LogP contribution in [-0.2, 0) is 16.0 Å². The van der Waals surface area contributed by atoms with E-state index in [9.17, 15) is 9.59 Å². The van der Waals surface area contributed by atoms with E-state index in [-0.39, 0.29) is 12.5 Å². The van der Waals surface area contributed by atoms with Crippen LogP contribution in [0.4, 0.5) is 10.5 Å². The molecule has 152 valence electrons. The third-order valence-electron chi connectivity index (χ3n) is 5.51. The van der Waals surface area contributed by atoms with Crippen molar-refractivity contribution in [3.8, 4) is 11.1 Å². The number of rotatable bonds is 6. The molecule has 1 aliphatic carbocycles. The SMILES string of the molecule is CC(Cc1ccc(NC(=O)OCC2c3ccccc3-c3ccccc32)cc1)C(=O)O. The summed E-state index contributed by atoms with van der Waals surface area (Å²) in [6.45, 7) is 1.93. The van der Waals surface area contributed by atoms with Crippen LogP contribution in [0.25, 0.3) is 11.1 Å². The average Bonchev–Trinajstić information content (AvgIpc) is 3.07. The van der Waals surface area contributed by atoms with Crippen molar-refractivity contribution in [1.82, 2.24) is 0 Å². The molecule has 1 aliphatic rings. The lowest BCUT2D eigenvalue weighted by Gasteiger charge is -2.15. The number of nitrogens with one attached hydrogen (secondary N) is 1. The maximum absolute atomic E-state index is 12.3. The second-order valence-electron chi connectivity index (χ2n) is 7.59. The van der Waals surface area contributed by atoms with Gasteiger partial charge in [0.05, 0.1) is 5.92 Å². The summed E-state index contributed by atoms with van der Waals surface area (Å²) in [6, 6.07) is 23.6. The Labute approximate surface area is 175 Å². The number of anilines is 1. The molecule has 0 saturated carbocycles. The van der Waals surface area contributed by atoms with E-state index < -0.39 is 18.0 Å². The third kappa shape index (κ3) is 4.06. The fourth-order valence-electron chi connectivity index (χ4n) is 3.92. The van der Waals surface area contributed by atoms with Crippen LogP contribution in [0.15, 0.2) is 72.8 Å². The first-order valence-electron chi connectivity index (χ1n) is 9.96. The minimum Gasteiger partial charge on any atom is -0.481 e. The van der Waals surface area contributed by atoms with E-state index in [0.717, 1.165) is 5.56 Å². The number of carboxylic acids is 1. The van der Waals surface area contributed by atoms with Gasteiger partial charge in [-0.3, -0.25) is 10.1 Å². The number of hydrogen-bond acceptors (Lipinski definition) is 3. The van der Waals surface area contributed by atoms with Crippen molar-refractivity contribution in [1.29, 1.82) is 0 Å². The van der Waals surface area contributed by atoms with Crippen molar-refractivity contribution in [3.63, 3.8) is 0 Å². The molecule has 0 heterocycles. The molecule has 2 N–H and O–H groups in total. The maximum atomic E-state index is 12.3. The fourth-order valence-corrected chi connectivity index (χ4v) is 3.92. The first-order valence-corrected chi connectivity index (χ1v) is 9.96. The summed E-state index contributed by atoms with van der Waals surface area (Å²) in [4.78, 5) is 23.3. The Morgan fingerprint density at radius 1 is 0.933 bits per heavy atom. The van der Waals surface area contributed by atoms with Gasteiger partial charge in [-0.1, -0.05) is 67.6 Å². The van der Waals surface area contributed by atoms with E-state index >= 15 is 0 Å². The Morgan fingerprint density at radius 3 is 2.07 bits per heavy atom. The van der Waals surface area contributed by atoms with Crippen LogP contribution in [0.2, 0.25) is 0 Å². The second kappa shape index (κ2) is 8.41. The number of benzene rings is 3. The Balaban J connectivity index is 1.38. The lowest BCUT2D eigenvalue weighted by atomic mass is 9.98. The van der Waals surface area contributed by atoms with Gasteiger partial charge < -0.3 is 9.84 Å². The zero-order valence-corrected chi connectivity index (χ0v) is 16.7. The molecule has 5 nitrogen and oxygen atoms in total. The monoisotopic (exact) mass is 401 g/mol. The molecule has 3 aromatic rings. The van der Waals surface area contributed by atoms with Crippen LogP contribution >= 0.6 is 0 Å². The fraction of sp³-hybridized carbons (Fsp3) is 0.200. The van der Waals surface area contributed by atoms with E-state index in [1.807, 2.05) is 36.4 Å². The number of carbonyl (C=O) groups excluding carboxylic acids is 1. The van der Waals surface area contributed by atoms with Crippen molar-refractivity contribution in [2.75, 3.05) is 11.9 Å². The van der Waals surface area contributed by atoms with E-state index in [0.29, 0.717) is 12.1 Å². The molecule has 0 bridgehead atoms. The topological polar surface area (TPSA) is 75.6 Å². The van der Waals surface area contributed by atoms with Gasteiger partial charge in [0.1, 0.15) is 6.61 Å². The molecule has 5 heteroatoms. The van der Waals surface area contributed by atoms with Crippen LogP contribution in [0.5, 0.6) is 0 Å². The molecular formula is C25H23NO4. The zero-order chi connectivity index (χ0) is 21.1. The highest BCUT2D eigenvalue weighted by Gasteiger charge is 2.29. The van der Waals surface area contributed by atoms with Crippen LogP contribution in [0.1, 0.15) is 29.5 Å². The van der Waals surface area contributed by atoms with Crippen molar-refractivity contribution in [2.45, 2.75) is 19.3 Å². The smallest absolute Gasteiger partial charge is 0.411 e. The molecule has 3 aromatic carbocycles. The van der Waals surface area contributed by atoms with Crippen molar-refractivity contribution >= 4 is 17.7 Å². The number of ether oxygens (including phenoxy) is 1. The third-order valence-corrected chi connectivity index (χ3v) is 5.51. The average molecular weight is 401 g/mol. The largest absolute Gasteiger partial charge is 0.481 e. The molecule has 0 radical (unpaired) electrons. The van der Waals surface area contributed by atoms with Crippen molar-refractivity contribution in [3.05, 3.63) is 89.5 Å². The number of hydrogen-bond donors (Lipinski definition) is 2. The van der Waals surface area contributed by atoms with Gasteiger partial charge in [-0.2, -0.15) is 0 Å². The van der Waals surface area contributed by atoms with Gasteiger partial charge >= 0.3 is 12.1 Å². The lowest BCUT2D eigenvalue weighted by molar-refractivity contribution is -0.141. The molecule has 1 unspecified atom stereocenters. The Bertz CT molecular complexity index is 1030. The van der Waals surface area contributed by atoms with Gasteiger partial charge in [-0.15, -0.1) is 0 Å². The molecule has 0 aromatic heterocycles. The summed E-state index contributed by atoms with van der Waals surface area (Å²) < 4.78 is 5.54. The Morgan fingerprint density at radius 2 is 1.50 bits per heavy atom. The van der Waals surface area contributed by atoms with Gasteiger partial charge in [0, 0.05) is 11.6 Å². The molecular weight excluding hydrogens is 378 g/mol. The maximum Gasteiger partial charge on any atom is 0.411 e. The summed E-state index contributed by atoms with van der Waals surface area (Å²) in [5, 5.41) is 11.8. The lowest BCUT2D eigenvalue weighted by Crippen LogP contribution is -2.18. The van der Waals surface area contributed by atoms with Crippen LogP contribution in [0, 0.1) is 5.92 Å². The number of fused-ring (bicyclic) bond motifs is 3. The summed E-state index contributed by atoms with van der Waals surface area (Å²) >= 11 is 0. The van der Waals surface area contributed by atoms with Gasteiger partial charge in [0.15, 0.2) is 0 Å². The number of amides is 1. The Hall–Kier alpha value is -3.60. The molecule has 0 aliphatic heterocycles. The van der Waals surface area contributed by atoms with E-state index in [1.54, 1.807) is 19.1 Å². The van der Waals surface area contributed by atoms with E-state index in [1.165, 1.54) is 22.3 Å². The van der Waals surface area contributed by atoms with E-state index in [2.05, 4.69) is 29.6 Å². The first-order chi connectivity index (χ1) is 14.5. The predicted octanol–water partition coefficient (Wildman–Crippen LogP) is 5.31. The summed E-state index contributed by atoms with van der Waals surface area (Å²) in [5.74, 6) is -1.26. The molecule has 0 fully saturated rings. The highest BCUT2D eigenvalue weighted by molar-refractivity contribution is 5.85. The Kier molecular flexibility index (Phi) is 5.53. The molecule has 0 spiro atoms. The summed E-state index contributed by atoms with van der Waals surface area (Å²) in [6.07, 6.45) is -0.0656. The number of carboxylic acid groups (broad SMARTS) is 1. The second-order valence-corrected chi connectivity index (χ2v) is 7.59. The molecule has 30 heavy (non-hydrogen) atoms. The van der Waals surface area contributed by atoms with Crippen LogP contribution < -0.4 is 5.32 Å². The molecule has 4 rings (SSSR count). The minimum atomic E-state index is -0.823. The zero-order valence-electron chi connectivity index (χ0n) is 16.7. The predicted molar refractivity (Wildman–Crippen MR) is 116 cm³/mol. The highest BCUT2D eigenvalue weighted by atomic mass is 16.5. The van der Waals surface area contributed by atoms with Crippen molar-refractivity contribution in [2.24, 2.45) is 5.92 Å². The van der Waals surface area contributed by atoms with Gasteiger partial charge in [-0.25, -0.2) is 4.79 Å². The van der Waals surface area contributed by atoms with E-state index in [4.69, 9.17) is 9.84 Å². The summed E-state index contributed by atoms with van der Waals surface area (Å²) in [7, 11) is 0. The number of carbonyl (C=O) groups is 2. The molecule has 1 amide bonds. The highest BCUT2D eigenvalue weighted by Crippen LogP contribution is 2.44. The van der Waals surface area contributed by atoms with Crippen molar-refractivity contribution < 1.29 is 19.4 Å². The standard InChI is InChI=1S/C25H23NO4/c1-16(24(27)28)14-17-10-12-18(13-11-17)26-25(29)30-15-23-21-8-4-2-6-19(21)20-7-3-5-9-22(20)23/h2-13,16,23H,14-15H2,1H3,(H,26,29)(H,27,28). The molecule has 0 saturated heterocycles. The first kappa shape index (κ1) is 19.7. The van der Waals surface area contributed by atoms with Gasteiger partial charge in [0.25, 0.3) is 0 Å².